The van der Waals surface area contributed by atoms with Gasteiger partial charge < -0.3 is 20.6 Å². The summed E-state index contributed by atoms with van der Waals surface area (Å²) in [6.07, 6.45) is -1.11. The number of amides is 3. The van der Waals surface area contributed by atoms with E-state index in [2.05, 4.69) is 10.6 Å². The summed E-state index contributed by atoms with van der Waals surface area (Å²) in [5.41, 5.74) is 1.03. The molecular weight excluding hydrogens is 420 g/mol. The van der Waals surface area contributed by atoms with E-state index in [9.17, 15) is 29.4 Å². The summed E-state index contributed by atoms with van der Waals surface area (Å²) in [6.45, 7) is 1.02. The third kappa shape index (κ3) is 4.06. The largest absolute Gasteiger partial charge is 0.481 e. The Kier molecular flexibility index (Phi) is 6.13. The highest BCUT2D eigenvalue weighted by molar-refractivity contribution is 6.06. The summed E-state index contributed by atoms with van der Waals surface area (Å²) in [5.74, 6) is -2.74. The van der Waals surface area contributed by atoms with Crippen LogP contribution >= 0.6 is 0 Å². The molecule has 32 heavy (non-hydrogen) atoms. The van der Waals surface area contributed by atoms with Crippen LogP contribution in [0.15, 0.2) is 18.2 Å². The zero-order valence-corrected chi connectivity index (χ0v) is 17.4. The summed E-state index contributed by atoms with van der Waals surface area (Å²) in [6, 6.07) is 3.93. The molecule has 0 radical (unpaired) electrons. The average Bonchev–Trinajstić information content (AvgIpc) is 3.03. The van der Waals surface area contributed by atoms with Gasteiger partial charge in [-0.25, -0.2) is 0 Å². The molecule has 11 heteroatoms. The van der Waals surface area contributed by atoms with Crippen LogP contribution in [0.4, 0.5) is 5.69 Å². The maximum Gasteiger partial charge on any atom is 0.306 e. The Hall–Kier alpha value is -3.02. The lowest BCUT2D eigenvalue weighted by atomic mass is 9.97. The lowest BCUT2D eigenvalue weighted by Gasteiger charge is -2.34. The fraction of sp³-hybridized carbons (Fsp3) is 0.524. The smallest absolute Gasteiger partial charge is 0.306 e. The van der Waals surface area contributed by atoms with Crippen LogP contribution in [-0.4, -0.2) is 80.7 Å². The predicted molar refractivity (Wildman–Crippen MR) is 110 cm³/mol. The highest BCUT2D eigenvalue weighted by Crippen LogP contribution is 2.39. The normalized spacial score (nSPS) is 25.4. The van der Waals surface area contributed by atoms with E-state index in [0.717, 1.165) is 4.90 Å². The van der Waals surface area contributed by atoms with Crippen molar-refractivity contribution in [3.05, 3.63) is 29.3 Å². The molecule has 2 fully saturated rings. The van der Waals surface area contributed by atoms with Crippen molar-refractivity contribution in [1.29, 1.82) is 0 Å². The molecule has 0 aromatic heterocycles. The number of nitrogens with zero attached hydrogens (tertiary/aromatic N) is 2. The quantitative estimate of drug-likeness (QED) is 0.362. The minimum absolute atomic E-state index is 0.0825. The summed E-state index contributed by atoms with van der Waals surface area (Å²) < 4.78 is 0. The Morgan fingerprint density at radius 2 is 1.91 bits per heavy atom. The number of aliphatic carboxylic acids is 1. The fourth-order valence-electron chi connectivity index (χ4n) is 4.61. The molecule has 5 N–H and O–H groups in total. The molecule has 3 atom stereocenters. The Bertz CT molecular complexity index is 944. The molecule has 0 bridgehead atoms. The van der Waals surface area contributed by atoms with E-state index < -0.39 is 48.1 Å². The standard InChI is InChI=1S/C21H26N4O7/c26-15-5-4-14(18(28)23-15)25-19(29)12-2-1-3-13(17(12)20(25)30)22-10-16(27)24-8-6-11(7-9-24)21(31)32/h1-3,11,14,16,20,22,27,30H,4-10H2,(H,31,32)(H,23,26,28). The molecule has 3 unspecified atom stereocenters. The molecule has 0 aliphatic carbocycles. The zero-order valence-electron chi connectivity index (χ0n) is 17.4. The number of hydrogen-bond acceptors (Lipinski definition) is 8. The van der Waals surface area contributed by atoms with Crippen LogP contribution < -0.4 is 10.6 Å². The molecule has 0 saturated carbocycles. The van der Waals surface area contributed by atoms with Gasteiger partial charge in [0, 0.05) is 36.3 Å². The maximum absolute atomic E-state index is 12.9. The monoisotopic (exact) mass is 446 g/mol. The van der Waals surface area contributed by atoms with Gasteiger partial charge in [0.1, 0.15) is 12.3 Å². The van der Waals surface area contributed by atoms with Gasteiger partial charge in [-0.2, -0.15) is 0 Å². The van der Waals surface area contributed by atoms with E-state index in [1.54, 1.807) is 23.1 Å². The van der Waals surface area contributed by atoms with E-state index >= 15 is 0 Å². The molecule has 3 aliphatic heterocycles. The van der Waals surface area contributed by atoms with E-state index in [1.165, 1.54) is 0 Å². The minimum atomic E-state index is -1.37. The van der Waals surface area contributed by atoms with Gasteiger partial charge >= 0.3 is 5.97 Å². The molecule has 172 valence electrons. The van der Waals surface area contributed by atoms with Crippen molar-refractivity contribution < 1.29 is 34.5 Å². The van der Waals surface area contributed by atoms with E-state index in [1.807, 2.05) is 0 Å². The number of carbonyl (C=O) groups is 4. The highest BCUT2D eigenvalue weighted by atomic mass is 16.4. The number of aliphatic hydroxyl groups excluding tert-OH is 2. The number of rotatable bonds is 6. The summed E-state index contributed by atoms with van der Waals surface area (Å²) in [7, 11) is 0. The number of benzene rings is 1. The van der Waals surface area contributed by atoms with Crippen molar-refractivity contribution >= 4 is 29.4 Å². The summed E-state index contributed by atoms with van der Waals surface area (Å²) >= 11 is 0. The molecule has 2 saturated heterocycles. The van der Waals surface area contributed by atoms with Gasteiger partial charge in [-0.05, 0) is 31.4 Å². The average molecular weight is 446 g/mol. The number of likely N-dealkylation sites (tertiary alicyclic amines) is 1. The third-order valence-corrected chi connectivity index (χ3v) is 6.41. The van der Waals surface area contributed by atoms with Gasteiger partial charge in [-0.15, -0.1) is 0 Å². The second-order valence-electron chi connectivity index (χ2n) is 8.33. The second kappa shape index (κ2) is 8.85. The lowest BCUT2D eigenvalue weighted by molar-refractivity contribution is -0.144. The third-order valence-electron chi connectivity index (χ3n) is 6.41. The Morgan fingerprint density at radius 3 is 2.56 bits per heavy atom. The van der Waals surface area contributed by atoms with Gasteiger partial charge in [0.2, 0.25) is 11.8 Å². The van der Waals surface area contributed by atoms with Gasteiger partial charge in [-0.1, -0.05) is 6.07 Å². The molecule has 4 rings (SSSR count). The molecular formula is C21H26N4O7. The van der Waals surface area contributed by atoms with Crippen LogP contribution in [0.1, 0.15) is 47.8 Å². The van der Waals surface area contributed by atoms with Gasteiger partial charge in [0.05, 0.1) is 12.5 Å². The van der Waals surface area contributed by atoms with Crippen LogP contribution in [-0.2, 0) is 14.4 Å². The van der Waals surface area contributed by atoms with E-state index in [-0.39, 0.29) is 24.9 Å². The molecule has 1 aromatic carbocycles. The first-order valence-corrected chi connectivity index (χ1v) is 10.6. The number of hydrogen-bond donors (Lipinski definition) is 5. The first-order chi connectivity index (χ1) is 15.3. The van der Waals surface area contributed by atoms with Crippen LogP contribution in [0.5, 0.6) is 0 Å². The number of carboxylic acid groups (broad SMARTS) is 1. The van der Waals surface area contributed by atoms with Gasteiger partial charge in [0.25, 0.3) is 5.91 Å². The zero-order chi connectivity index (χ0) is 23.0. The molecule has 11 nitrogen and oxygen atoms in total. The number of anilines is 1. The van der Waals surface area contributed by atoms with Crippen molar-refractivity contribution in [1.82, 2.24) is 15.1 Å². The number of carbonyl (C=O) groups excluding carboxylic acids is 3. The van der Waals surface area contributed by atoms with E-state index in [4.69, 9.17) is 5.11 Å². The minimum Gasteiger partial charge on any atom is -0.481 e. The second-order valence-corrected chi connectivity index (χ2v) is 8.33. The molecule has 1 aromatic rings. The molecule has 3 amide bonds. The Morgan fingerprint density at radius 1 is 1.19 bits per heavy atom. The van der Waals surface area contributed by atoms with Crippen molar-refractivity contribution in [2.45, 2.75) is 44.2 Å². The Balaban J connectivity index is 1.44. The number of aliphatic hydroxyl groups is 2. The lowest BCUT2D eigenvalue weighted by Crippen LogP contribution is -2.53. The highest BCUT2D eigenvalue weighted by Gasteiger charge is 2.45. The van der Waals surface area contributed by atoms with Crippen LogP contribution in [0.3, 0.4) is 0 Å². The molecule has 3 heterocycles. The number of imide groups is 1. The van der Waals surface area contributed by atoms with Crippen LogP contribution in [0.2, 0.25) is 0 Å². The summed E-state index contributed by atoms with van der Waals surface area (Å²) in [4.78, 5) is 50.6. The summed E-state index contributed by atoms with van der Waals surface area (Å²) in [5, 5.41) is 35.8. The van der Waals surface area contributed by atoms with E-state index in [0.29, 0.717) is 37.2 Å². The fourth-order valence-corrected chi connectivity index (χ4v) is 4.61. The molecule has 3 aliphatic rings. The SMILES string of the molecule is O=C1CCC(N2C(=O)c3cccc(NCC(O)N4CCC(C(=O)O)CC4)c3C2O)C(=O)N1. The van der Waals surface area contributed by atoms with Crippen molar-refractivity contribution in [3.8, 4) is 0 Å². The maximum atomic E-state index is 12.9. The molecule has 0 spiro atoms. The van der Waals surface area contributed by atoms with Crippen LogP contribution in [0, 0.1) is 5.92 Å². The van der Waals surface area contributed by atoms with Gasteiger partial charge in [-0.3, -0.25) is 34.3 Å². The number of nitrogens with one attached hydrogen (secondary N) is 2. The van der Waals surface area contributed by atoms with Crippen LogP contribution in [0.25, 0.3) is 0 Å². The Labute approximate surface area is 184 Å². The van der Waals surface area contributed by atoms with Crippen molar-refractivity contribution in [2.75, 3.05) is 25.0 Å². The number of piperidine rings is 2. The topological polar surface area (TPSA) is 160 Å². The van der Waals surface area contributed by atoms with Gasteiger partial charge in [0.15, 0.2) is 6.23 Å². The van der Waals surface area contributed by atoms with Crippen molar-refractivity contribution in [3.63, 3.8) is 0 Å². The predicted octanol–water partition coefficient (Wildman–Crippen LogP) is -0.535. The first kappa shape index (κ1) is 22.2. The van der Waals surface area contributed by atoms with Crippen molar-refractivity contribution in [2.24, 2.45) is 5.92 Å². The number of fused-ring (bicyclic) bond motifs is 1. The number of carboxylic acids is 1. The first-order valence-electron chi connectivity index (χ1n) is 10.6.